The van der Waals surface area contributed by atoms with Crippen molar-refractivity contribution in [2.24, 2.45) is 0 Å². The Kier molecular flexibility index (Phi) is 5.73. The quantitative estimate of drug-likeness (QED) is 0.440. The fourth-order valence-electron chi connectivity index (χ4n) is 4.86. The summed E-state index contributed by atoms with van der Waals surface area (Å²) < 4.78 is 15.8. The second-order valence-corrected chi connectivity index (χ2v) is 10.3. The van der Waals surface area contributed by atoms with Crippen molar-refractivity contribution in [1.29, 1.82) is 0 Å². The van der Waals surface area contributed by atoms with E-state index in [-0.39, 0.29) is 5.02 Å². The van der Waals surface area contributed by atoms with E-state index in [2.05, 4.69) is 36.8 Å². The molecule has 1 aliphatic heterocycles. The summed E-state index contributed by atoms with van der Waals surface area (Å²) in [5.41, 5.74) is 4.46. The Balaban J connectivity index is 1.29. The number of aromatic nitrogens is 4. The van der Waals surface area contributed by atoms with Crippen molar-refractivity contribution in [3.63, 3.8) is 0 Å². The lowest BCUT2D eigenvalue weighted by molar-refractivity contribution is 0.148. The van der Waals surface area contributed by atoms with Crippen molar-refractivity contribution in [2.75, 3.05) is 45.1 Å². The molecule has 176 valence electrons. The van der Waals surface area contributed by atoms with E-state index in [9.17, 15) is 4.39 Å². The lowest BCUT2D eigenvalue weighted by Crippen LogP contribution is -2.45. The maximum Gasteiger partial charge on any atom is 0.142 e. The van der Waals surface area contributed by atoms with E-state index < -0.39 is 5.82 Å². The molecule has 0 atom stereocenters. The average molecular weight is 498 g/mol. The van der Waals surface area contributed by atoms with Crippen LogP contribution >= 0.6 is 22.9 Å². The molecule has 1 aromatic carbocycles. The molecule has 7 nitrogen and oxygen atoms in total. The van der Waals surface area contributed by atoms with Gasteiger partial charge >= 0.3 is 0 Å². The lowest BCUT2D eigenvalue weighted by Gasteiger charge is -2.32. The number of rotatable bonds is 5. The van der Waals surface area contributed by atoms with Gasteiger partial charge in [0, 0.05) is 54.5 Å². The second-order valence-electron chi connectivity index (χ2n) is 8.94. The van der Waals surface area contributed by atoms with Crippen molar-refractivity contribution in [3.05, 3.63) is 52.8 Å². The van der Waals surface area contributed by atoms with Crippen LogP contribution in [0.3, 0.4) is 0 Å². The maximum atomic E-state index is 13.6. The summed E-state index contributed by atoms with van der Waals surface area (Å²) in [6.07, 6.45) is 5.42. The van der Waals surface area contributed by atoms with E-state index >= 15 is 0 Å². The fraction of sp³-hybridized carbons (Fsp3) is 0.375. The van der Waals surface area contributed by atoms with Crippen LogP contribution in [0.1, 0.15) is 11.3 Å². The summed E-state index contributed by atoms with van der Waals surface area (Å²) in [5, 5.41) is 9.18. The first-order valence-corrected chi connectivity index (χ1v) is 12.7. The normalized spacial score (nSPS) is 16.6. The zero-order valence-electron chi connectivity index (χ0n) is 18.9. The molecule has 0 radical (unpaired) electrons. The predicted molar refractivity (Wildman–Crippen MR) is 135 cm³/mol. The van der Waals surface area contributed by atoms with Crippen LogP contribution in [0.15, 0.2) is 30.7 Å². The zero-order valence-corrected chi connectivity index (χ0v) is 20.5. The highest BCUT2D eigenvalue weighted by Crippen LogP contribution is 2.45. The Labute approximate surface area is 206 Å². The van der Waals surface area contributed by atoms with Crippen molar-refractivity contribution >= 4 is 44.7 Å². The molecule has 0 amide bonds. The van der Waals surface area contributed by atoms with Gasteiger partial charge in [0.1, 0.15) is 22.8 Å². The Morgan fingerprint density at radius 3 is 2.79 bits per heavy atom. The van der Waals surface area contributed by atoms with Crippen molar-refractivity contribution in [2.45, 2.75) is 19.4 Å². The van der Waals surface area contributed by atoms with Crippen molar-refractivity contribution < 1.29 is 4.39 Å². The summed E-state index contributed by atoms with van der Waals surface area (Å²) >= 11 is 7.66. The van der Waals surface area contributed by atoms with Gasteiger partial charge in [-0.3, -0.25) is 9.58 Å². The minimum absolute atomic E-state index is 0.0799. The number of nitrogens with zero attached hydrogens (tertiary/aromatic N) is 6. The lowest BCUT2D eigenvalue weighted by atomic mass is 9.95. The van der Waals surface area contributed by atoms with Gasteiger partial charge in [0.2, 0.25) is 0 Å². The SMILES string of the molecule is CN1CCN(CCn2ncc3c2CCc2c-3sc3ncnc(Nc4ccc(F)c(Cl)c4)c23)CC1. The summed E-state index contributed by atoms with van der Waals surface area (Å²) in [6.45, 7) is 6.44. The zero-order chi connectivity index (χ0) is 23.2. The maximum absolute atomic E-state index is 13.6. The van der Waals surface area contributed by atoms with E-state index in [4.69, 9.17) is 16.7 Å². The van der Waals surface area contributed by atoms with Gasteiger partial charge in [-0.05, 0) is 43.7 Å². The van der Waals surface area contributed by atoms with Gasteiger partial charge in [0.15, 0.2) is 0 Å². The molecule has 1 aliphatic carbocycles. The predicted octanol–water partition coefficient (Wildman–Crippen LogP) is 4.44. The smallest absolute Gasteiger partial charge is 0.142 e. The fourth-order valence-corrected chi connectivity index (χ4v) is 6.26. The van der Waals surface area contributed by atoms with E-state index in [1.807, 2.05) is 6.20 Å². The first-order chi connectivity index (χ1) is 16.6. The molecule has 0 unspecified atom stereocenters. The topological polar surface area (TPSA) is 62.1 Å². The highest BCUT2D eigenvalue weighted by atomic mass is 35.5. The number of likely N-dealkylation sites (N-methyl/N-ethyl adjacent to an activating group) is 1. The molecule has 10 heteroatoms. The number of benzene rings is 1. The summed E-state index contributed by atoms with van der Waals surface area (Å²) in [4.78, 5) is 16.1. The molecular weight excluding hydrogens is 473 g/mol. The first kappa shape index (κ1) is 21.9. The number of fused-ring (bicyclic) bond motifs is 5. The molecule has 0 spiro atoms. The van der Waals surface area contributed by atoms with Crippen LogP contribution in [0.5, 0.6) is 0 Å². The minimum Gasteiger partial charge on any atom is -0.340 e. The molecule has 2 aliphatic rings. The van der Waals surface area contributed by atoms with Crippen LogP contribution in [0, 0.1) is 5.82 Å². The Morgan fingerprint density at radius 1 is 1.12 bits per heavy atom. The number of hydrogen-bond donors (Lipinski definition) is 1. The number of aryl methyl sites for hydroxylation is 1. The van der Waals surface area contributed by atoms with Crippen LogP contribution in [-0.2, 0) is 19.4 Å². The molecule has 1 fully saturated rings. The third-order valence-electron chi connectivity index (χ3n) is 6.80. The van der Waals surface area contributed by atoms with Gasteiger partial charge in [-0.2, -0.15) is 5.10 Å². The highest BCUT2D eigenvalue weighted by molar-refractivity contribution is 7.22. The van der Waals surface area contributed by atoms with Gasteiger partial charge in [0.25, 0.3) is 0 Å². The van der Waals surface area contributed by atoms with Crippen molar-refractivity contribution in [1.82, 2.24) is 29.5 Å². The molecule has 1 saturated heterocycles. The molecular formula is C24H25ClFN7S. The van der Waals surface area contributed by atoms with Gasteiger partial charge in [-0.1, -0.05) is 11.6 Å². The molecule has 34 heavy (non-hydrogen) atoms. The van der Waals surface area contributed by atoms with E-state index in [1.54, 1.807) is 29.8 Å². The van der Waals surface area contributed by atoms with Gasteiger partial charge < -0.3 is 10.2 Å². The third kappa shape index (κ3) is 3.96. The standard InChI is InChI=1S/C24H25ClFN7S/c1-31-6-8-32(9-7-31)10-11-33-20-5-3-16-21-23(30-15-2-4-19(26)18(25)12-15)27-14-28-24(21)34-22(16)17(20)13-29-33/h2,4,12-14H,3,5-11H2,1H3,(H,27,28,30). The summed E-state index contributed by atoms with van der Waals surface area (Å²) in [5.74, 6) is 0.279. The molecule has 4 aromatic rings. The first-order valence-electron chi connectivity index (χ1n) is 11.5. The number of piperazine rings is 1. The van der Waals surface area contributed by atoms with Gasteiger partial charge in [-0.15, -0.1) is 11.3 Å². The molecule has 1 N–H and O–H groups in total. The Morgan fingerprint density at radius 2 is 1.97 bits per heavy atom. The van der Waals surface area contributed by atoms with Crippen LogP contribution in [-0.4, -0.2) is 69.3 Å². The van der Waals surface area contributed by atoms with Crippen LogP contribution in [0.2, 0.25) is 5.02 Å². The number of anilines is 2. The van der Waals surface area contributed by atoms with E-state index in [0.29, 0.717) is 5.69 Å². The van der Waals surface area contributed by atoms with Crippen LogP contribution in [0.25, 0.3) is 20.7 Å². The van der Waals surface area contributed by atoms with E-state index in [1.165, 1.54) is 27.8 Å². The molecule has 4 heterocycles. The van der Waals surface area contributed by atoms with Gasteiger partial charge in [-0.25, -0.2) is 14.4 Å². The average Bonchev–Trinajstić information content (AvgIpc) is 3.43. The Hall–Kier alpha value is -2.59. The molecule has 0 bridgehead atoms. The van der Waals surface area contributed by atoms with Crippen LogP contribution in [0.4, 0.5) is 15.9 Å². The van der Waals surface area contributed by atoms with E-state index in [0.717, 1.165) is 68.1 Å². The molecule has 3 aromatic heterocycles. The third-order valence-corrected chi connectivity index (χ3v) is 8.26. The minimum atomic E-state index is -0.440. The van der Waals surface area contributed by atoms with Crippen molar-refractivity contribution in [3.8, 4) is 10.4 Å². The molecule has 0 saturated carbocycles. The number of halogens is 2. The molecule has 6 rings (SSSR count). The monoisotopic (exact) mass is 497 g/mol. The summed E-state index contributed by atoms with van der Waals surface area (Å²) in [6, 6.07) is 4.59. The number of thiophene rings is 1. The summed E-state index contributed by atoms with van der Waals surface area (Å²) in [7, 11) is 2.18. The largest absolute Gasteiger partial charge is 0.340 e. The van der Waals surface area contributed by atoms with Gasteiger partial charge in [0.05, 0.1) is 23.2 Å². The highest BCUT2D eigenvalue weighted by Gasteiger charge is 2.27. The number of hydrogen-bond acceptors (Lipinski definition) is 7. The van der Waals surface area contributed by atoms with Crippen LogP contribution < -0.4 is 5.32 Å². The second kappa shape index (κ2) is 8.88. The number of nitrogens with one attached hydrogen (secondary N) is 1. The Bertz CT molecular complexity index is 1360.